The molecule has 4 atom stereocenters. The first kappa shape index (κ1) is 33.1. The van der Waals surface area contributed by atoms with Gasteiger partial charge in [-0.25, -0.2) is 4.79 Å². The predicted molar refractivity (Wildman–Crippen MR) is 151 cm³/mol. The van der Waals surface area contributed by atoms with Gasteiger partial charge in [0, 0.05) is 24.4 Å². The zero-order chi connectivity index (χ0) is 31.1. The second kappa shape index (κ2) is 14.2. The maximum atomic E-state index is 13.3. The van der Waals surface area contributed by atoms with E-state index in [-0.39, 0.29) is 18.2 Å². The zero-order valence-corrected chi connectivity index (χ0v) is 24.5. The van der Waals surface area contributed by atoms with E-state index in [2.05, 4.69) is 24.4 Å². The molecule has 2 aromatic carbocycles. The molecule has 2 saturated heterocycles. The number of likely N-dealkylation sites (tertiary alicyclic amines) is 1. The molecule has 0 bridgehead atoms. The van der Waals surface area contributed by atoms with Gasteiger partial charge in [-0.15, -0.1) is 11.8 Å². The van der Waals surface area contributed by atoms with E-state index >= 15 is 0 Å². The molecule has 0 aromatic heterocycles. The Morgan fingerprint density at radius 1 is 1.02 bits per heavy atom. The van der Waals surface area contributed by atoms with Crippen molar-refractivity contribution in [2.45, 2.75) is 61.7 Å². The molecule has 0 spiro atoms. The molecule has 8 nitrogen and oxygen atoms in total. The Bertz CT molecular complexity index is 1260. The van der Waals surface area contributed by atoms with Gasteiger partial charge in [0.05, 0.1) is 18.9 Å². The van der Waals surface area contributed by atoms with Crippen molar-refractivity contribution in [3.63, 3.8) is 0 Å². The van der Waals surface area contributed by atoms with Gasteiger partial charge in [-0.05, 0) is 35.4 Å². The molecule has 228 valence electrons. The summed E-state index contributed by atoms with van der Waals surface area (Å²) in [6.07, 6.45) is 0.109. The molecule has 2 aliphatic rings. The van der Waals surface area contributed by atoms with E-state index in [1.807, 2.05) is 54.2 Å². The summed E-state index contributed by atoms with van der Waals surface area (Å²) in [4.78, 5) is 51.1. The number of ether oxygens (including phenoxy) is 1. The Hall–Kier alpha value is -3.38. The van der Waals surface area contributed by atoms with Crippen LogP contribution in [0.25, 0.3) is 0 Å². The lowest BCUT2D eigenvalue weighted by molar-refractivity contribution is -0.192. The fourth-order valence-electron chi connectivity index (χ4n) is 5.45. The molecule has 2 aliphatic heterocycles. The average Bonchev–Trinajstić information content (AvgIpc) is 3.42. The molecule has 2 N–H and O–H groups in total. The van der Waals surface area contributed by atoms with Gasteiger partial charge in [0.15, 0.2) is 0 Å². The smallest absolute Gasteiger partial charge is 0.475 e. The van der Waals surface area contributed by atoms with Crippen molar-refractivity contribution in [3.05, 3.63) is 65.7 Å². The maximum Gasteiger partial charge on any atom is 0.490 e. The van der Waals surface area contributed by atoms with Gasteiger partial charge in [0.25, 0.3) is 0 Å². The normalized spacial score (nSPS) is 23.3. The van der Waals surface area contributed by atoms with Gasteiger partial charge in [0.1, 0.15) is 5.54 Å². The summed E-state index contributed by atoms with van der Waals surface area (Å²) in [6.45, 7) is 2.21. The highest BCUT2D eigenvalue weighted by Crippen LogP contribution is 2.50. The summed E-state index contributed by atoms with van der Waals surface area (Å²) in [6, 6.07) is 17.2. The van der Waals surface area contributed by atoms with E-state index in [0.717, 1.165) is 16.9 Å². The molecular weight excluding hydrogens is 573 g/mol. The largest absolute Gasteiger partial charge is 0.490 e. The van der Waals surface area contributed by atoms with Crippen LogP contribution in [0.3, 0.4) is 0 Å². The van der Waals surface area contributed by atoms with Crippen molar-refractivity contribution < 1.29 is 42.2 Å². The lowest BCUT2D eigenvalue weighted by Crippen LogP contribution is -2.57. The number of amides is 2. The van der Waals surface area contributed by atoms with Crippen LogP contribution in [0.4, 0.5) is 13.2 Å². The van der Waals surface area contributed by atoms with Crippen LogP contribution >= 0.6 is 11.8 Å². The van der Waals surface area contributed by atoms with Gasteiger partial charge >= 0.3 is 18.1 Å². The molecule has 2 aromatic rings. The number of hydrogen-bond acceptors (Lipinski definition) is 7. The van der Waals surface area contributed by atoms with E-state index in [4.69, 9.17) is 14.6 Å². The summed E-state index contributed by atoms with van der Waals surface area (Å²) in [5.74, 6) is -4.29. The van der Waals surface area contributed by atoms with Crippen LogP contribution in [0, 0.1) is 11.8 Å². The molecule has 2 fully saturated rings. The molecular formula is C30H35F3N2O6S. The molecule has 2 heterocycles. The zero-order valence-electron chi connectivity index (χ0n) is 23.6. The number of methoxy groups -OCH3 is 1. The molecule has 12 heteroatoms. The minimum Gasteiger partial charge on any atom is -0.475 e. The first-order valence-electron chi connectivity index (χ1n) is 13.6. The Morgan fingerprint density at radius 3 is 2.19 bits per heavy atom. The number of benzene rings is 2. The number of carbonyl (C=O) groups excluding carboxylic acids is 3. The maximum absolute atomic E-state index is 13.3. The molecule has 0 radical (unpaired) electrons. The minimum atomic E-state index is -5.08. The Morgan fingerprint density at radius 2 is 1.64 bits per heavy atom. The summed E-state index contributed by atoms with van der Waals surface area (Å²) in [5.41, 5.74) is 0.468. The van der Waals surface area contributed by atoms with Gasteiger partial charge in [-0.2, -0.15) is 13.2 Å². The number of nitrogens with one attached hydrogen (secondary N) is 1. The van der Waals surface area contributed by atoms with Crippen LogP contribution in [-0.2, 0) is 30.3 Å². The summed E-state index contributed by atoms with van der Waals surface area (Å²) < 4.78 is 37.0. The molecule has 42 heavy (non-hydrogen) atoms. The van der Waals surface area contributed by atoms with E-state index in [0.29, 0.717) is 0 Å². The summed E-state index contributed by atoms with van der Waals surface area (Å²) in [5, 5.41) is 10.6. The quantitative estimate of drug-likeness (QED) is 0.167. The number of halogens is 3. The van der Waals surface area contributed by atoms with Crippen molar-refractivity contribution in [2.24, 2.45) is 11.8 Å². The van der Waals surface area contributed by atoms with Crippen molar-refractivity contribution in [1.29, 1.82) is 0 Å². The third-order valence-corrected chi connectivity index (χ3v) is 8.60. The van der Waals surface area contributed by atoms with Gasteiger partial charge in [-0.3, -0.25) is 24.6 Å². The number of carboxylic acids is 1. The number of unbranched alkanes of at least 4 members (excludes halogenated alkanes) is 3. The number of carboxylic acid groups (broad SMARTS) is 1. The predicted octanol–water partition coefficient (Wildman–Crippen LogP) is 5.02. The lowest BCUT2D eigenvalue weighted by Gasteiger charge is -2.32. The van der Waals surface area contributed by atoms with Crippen molar-refractivity contribution >= 4 is 35.5 Å². The Balaban J connectivity index is 0.000000616. The topological polar surface area (TPSA) is 113 Å². The fraction of sp³-hybridized carbons (Fsp3) is 0.467. The lowest BCUT2D eigenvalue weighted by atomic mass is 9.76. The van der Waals surface area contributed by atoms with Gasteiger partial charge < -0.3 is 9.84 Å². The number of carbonyl (C=O) groups is 4. The second-order valence-electron chi connectivity index (χ2n) is 10.3. The standard InChI is InChI=1S/C28H34N2O4S.C2HF3O2/c1-4-5-6-10-17-35-21-15-13-20(14-16-21)24-22-23(26(32)30(2)25(22)31)28(29-24,27(33)34-3)18-19-11-8-7-9-12-19;3-2(4,5)1(6)7/h7-9,11-16,22-24,29H,4-6,10,17-18H2,1-3H3;(H,6,7)/t22-,23-,24-,28-;/m1./s1. The summed E-state index contributed by atoms with van der Waals surface area (Å²) in [7, 11) is 2.83. The number of fused-ring (bicyclic) bond motifs is 1. The van der Waals surface area contributed by atoms with Crippen LogP contribution < -0.4 is 5.32 Å². The number of hydrogen-bond donors (Lipinski definition) is 2. The number of imide groups is 1. The molecule has 4 rings (SSSR count). The molecule has 0 unspecified atom stereocenters. The van der Waals surface area contributed by atoms with Crippen LogP contribution in [0.2, 0.25) is 0 Å². The third kappa shape index (κ3) is 7.33. The third-order valence-electron chi connectivity index (χ3n) is 7.50. The van der Waals surface area contributed by atoms with E-state index < -0.39 is 41.5 Å². The average molecular weight is 609 g/mol. The summed E-state index contributed by atoms with van der Waals surface area (Å²) >= 11 is 1.83. The highest BCUT2D eigenvalue weighted by molar-refractivity contribution is 7.99. The first-order valence-corrected chi connectivity index (χ1v) is 14.6. The van der Waals surface area contributed by atoms with Crippen molar-refractivity contribution in [3.8, 4) is 0 Å². The number of rotatable bonds is 10. The number of thioether (sulfide) groups is 1. The monoisotopic (exact) mass is 608 g/mol. The number of aliphatic carboxylic acids is 1. The second-order valence-corrected chi connectivity index (χ2v) is 11.4. The minimum absolute atomic E-state index is 0.259. The SMILES string of the molecule is CCCCCCSc1ccc([C@H]2N[C@@](Cc3ccccc3)(C(=O)OC)[C@H]3C(=O)N(C)C(=O)[C@@H]23)cc1.O=C(O)C(F)(F)F. The molecule has 0 aliphatic carbocycles. The number of nitrogens with zero attached hydrogens (tertiary/aromatic N) is 1. The molecule has 0 saturated carbocycles. The van der Waals surface area contributed by atoms with Crippen LogP contribution in [0.15, 0.2) is 59.5 Å². The molecule has 2 amide bonds. The van der Waals surface area contributed by atoms with Gasteiger partial charge in [0.2, 0.25) is 11.8 Å². The van der Waals surface area contributed by atoms with Gasteiger partial charge in [-0.1, -0.05) is 68.7 Å². The Kier molecular flexibility index (Phi) is 11.2. The fourth-order valence-corrected chi connectivity index (χ4v) is 6.36. The number of alkyl halides is 3. The van der Waals surface area contributed by atoms with Crippen molar-refractivity contribution in [2.75, 3.05) is 19.9 Å². The highest BCUT2D eigenvalue weighted by Gasteiger charge is 2.68. The van der Waals surface area contributed by atoms with E-state index in [1.165, 1.54) is 49.6 Å². The highest BCUT2D eigenvalue weighted by atomic mass is 32.2. The van der Waals surface area contributed by atoms with Crippen LogP contribution in [-0.4, -0.2) is 65.4 Å². The van der Waals surface area contributed by atoms with E-state index in [9.17, 15) is 27.6 Å². The van der Waals surface area contributed by atoms with E-state index in [1.54, 1.807) is 0 Å². The number of esters is 1. The van der Waals surface area contributed by atoms with Crippen LogP contribution in [0.1, 0.15) is 49.8 Å². The van der Waals surface area contributed by atoms with Crippen LogP contribution in [0.5, 0.6) is 0 Å². The Labute approximate surface area is 247 Å². The van der Waals surface area contributed by atoms with Crippen molar-refractivity contribution in [1.82, 2.24) is 10.2 Å². The first-order chi connectivity index (χ1) is 19.9.